The second-order valence-corrected chi connectivity index (χ2v) is 6.84. The molecule has 0 aliphatic rings. The minimum absolute atomic E-state index is 0.0529. The third kappa shape index (κ3) is 4.44. The van der Waals surface area contributed by atoms with E-state index < -0.39 is 17.8 Å². The van der Waals surface area contributed by atoms with Crippen LogP contribution in [0.15, 0.2) is 77.2 Å². The summed E-state index contributed by atoms with van der Waals surface area (Å²) in [7, 11) is 2.98. The lowest BCUT2D eigenvalue weighted by molar-refractivity contribution is 0.0936. The van der Waals surface area contributed by atoms with E-state index in [1.807, 2.05) is 30.3 Å². The van der Waals surface area contributed by atoms with Gasteiger partial charge in [-0.2, -0.15) is 0 Å². The number of aromatic nitrogens is 2. The zero-order valence-corrected chi connectivity index (χ0v) is 17.4. The first kappa shape index (κ1) is 21.0. The number of carbonyl (C=O) groups is 1. The predicted molar refractivity (Wildman–Crippen MR) is 115 cm³/mol. The highest BCUT2D eigenvalue weighted by atomic mass is 19.1. The van der Waals surface area contributed by atoms with E-state index in [1.165, 1.54) is 20.3 Å². The van der Waals surface area contributed by atoms with Crippen LogP contribution in [0.1, 0.15) is 27.9 Å². The van der Waals surface area contributed by atoms with Crippen molar-refractivity contribution in [3.05, 3.63) is 95.6 Å². The van der Waals surface area contributed by atoms with Crippen LogP contribution in [0.3, 0.4) is 0 Å². The summed E-state index contributed by atoms with van der Waals surface area (Å²) in [4.78, 5) is 13.1. The topological polar surface area (TPSA) is 86.5 Å². The van der Waals surface area contributed by atoms with Crippen molar-refractivity contribution in [2.75, 3.05) is 14.2 Å². The number of halogens is 1. The minimum atomic E-state index is -1.01. The molecule has 3 aromatic carbocycles. The van der Waals surface area contributed by atoms with Crippen molar-refractivity contribution in [1.29, 1.82) is 0 Å². The van der Waals surface area contributed by atoms with Crippen LogP contribution in [0, 0.1) is 5.82 Å². The van der Waals surface area contributed by atoms with Crippen LogP contribution in [0.25, 0.3) is 11.5 Å². The average molecular weight is 433 g/mol. The molecule has 0 radical (unpaired) electrons. The van der Waals surface area contributed by atoms with E-state index in [1.54, 1.807) is 36.4 Å². The van der Waals surface area contributed by atoms with E-state index in [0.29, 0.717) is 17.1 Å². The molecule has 0 aliphatic carbocycles. The SMILES string of the molecule is COc1cc(OC)cc(C(=O)N[C@H](c2nnc(-c3ccccc3)o2)c2ccccc2F)c1. The number of rotatable bonds is 7. The lowest BCUT2D eigenvalue weighted by Gasteiger charge is -2.17. The molecule has 0 bridgehead atoms. The Bertz CT molecular complexity index is 1200. The highest BCUT2D eigenvalue weighted by Gasteiger charge is 2.27. The zero-order valence-electron chi connectivity index (χ0n) is 17.4. The van der Waals surface area contributed by atoms with E-state index >= 15 is 0 Å². The quantitative estimate of drug-likeness (QED) is 0.465. The van der Waals surface area contributed by atoms with Gasteiger partial charge in [0.2, 0.25) is 11.8 Å². The summed E-state index contributed by atoms with van der Waals surface area (Å²) in [6, 6.07) is 19.0. The average Bonchev–Trinajstić information content (AvgIpc) is 3.33. The van der Waals surface area contributed by atoms with Crippen LogP contribution >= 0.6 is 0 Å². The lowest BCUT2D eigenvalue weighted by atomic mass is 10.1. The molecule has 32 heavy (non-hydrogen) atoms. The molecule has 0 saturated carbocycles. The highest BCUT2D eigenvalue weighted by Crippen LogP contribution is 2.28. The number of amides is 1. The van der Waals surface area contributed by atoms with Crippen molar-refractivity contribution >= 4 is 5.91 Å². The monoisotopic (exact) mass is 433 g/mol. The van der Waals surface area contributed by atoms with E-state index in [4.69, 9.17) is 13.9 Å². The maximum Gasteiger partial charge on any atom is 0.252 e. The van der Waals surface area contributed by atoms with Gasteiger partial charge in [-0.05, 0) is 30.3 Å². The van der Waals surface area contributed by atoms with Crippen molar-refractivity contribution in [2.45, 2.75) is 6.04 Å². The smallest absolute Gasteiger partial charge is 0.252 e. The van der Waals surface area contributed by atoms with Crippen molar-refractivity contribution in [1.82, 2.24) is 15.5 Å². The Kier molecular flexibility index (Phi) is 6.12. The molecule has 1 N–H and O–H groups in total. The fourth-order valence-corrected chi connectivity index (χ4v) is 3.18. The fraction of sp³-hybridized carbons (Fsp3) is 0.125. The summed E-state index contributed by atoms with van der Waals surface area (Å²) in [5.74, 6) is 0.203. The normalized spacial score (nSPS) is 11.6. The van der Waals surface area contributed by atoms with Crippen LogP contribution in [-0.2, 0) is 0 Å². The van der Waals surface area contributed by atoms with Gasteiger partial charge in [0.15, 0.2) is 0 Å². The van der Waals surface area contributed by atoms with Crippen molar-refractivity contribution in [3.8, 4) is 23.0 Å². The standard InChI is InChI=1S/C24H20FN3O4/c1-30-17-12-16(13-18(14-17)31-2)22(29)26-21(19-10-6-7-11-20(19)25)24-28-27-23(32-24)15-8-4-3-5-9-15/h3-14,21H,1-2H3,(H,26,29)/t21-/m0/s1. The van der Waals surface area contributed by atoms with Crippen LogP contribution < -0.4 is 14.8 Å². The molecule has 0 spiro atoms. The number of nitrogens with zero attached hydrogens (tertiary/aromatic N) is 2. The zero-order chi connectivity index (χ0) is 22.5. The van der Waals surface area contributed by atoms with E-state index in [2.05, 4.69) is 15.5 Å². The Balaban J connectivity index is 1.71. The molecule has 1 amide bonds. The largest absolute Gasteiger partial charge is 0.497 e. The second-order valence-electron chi connectivity index (χ2n) is 6.84. The van der Waals surface area contributed by atoms with Gasteiger partial charge in [-0.1, -0.05) is 36.4 Å². The molecule has 7 nitrogen and oxygen atoms in total. The Labute approximate surface area is 183 Å². The van der Waals surface area contributed by atoms with Gasteiger partial charge in [0.1, 0.15) is 23.4 Å². The number of benzene rings is 3. The van der Waals surface area contributed by atoms with Gasteiger partial charge in [-0.3, -0.25) is 4.79 Å². The fourth-order valence-electron chi connectivity index (χ4n) is 3.18. The van der Waals surface area contributed by atoms with Crippen LogP contribution in [-0.4, -0.2) is 30.3 Å². The first-order valence-electron chi connectivity index (χ1n) is 9.76. The molecule has 162 valence electrons. The molecule has 1 aromatic heterocycles. The summed E-state index contributed by atoms with van der Waals surface area (Å²) >= 11 is 0. The summed E-state index contributed by atoms with van der Waals surface area (Å²) in [6.45, 7) is 0. The van der Waals surface area contributed by atoms with E-state index in [0.717, 1.165) is 0 Å². The number of ether oxygens (including phenoxy) is 2. The number of hydrogen-bond acceptors (Lipinski definition) is 6. The molecular formula is C24H20FN3O4. The van der Waals surface area contributed by atoms with Gasteiger partial charge in [0.05, 0.1) is 14.2 Å². The molecule has 0 unspecified atom stereocenters. The molecule has 0 saturated heterocycles. The number of hydrogen-bond donors (Lipinski definition) is 1. The molecule has 8 heteroatoms. The summed E-state index contributed by atoms with van der Waals surface area (Å²) in [6.07, 6.45) is 0. The number of carbonyl (C=O) groups excluding carboxylic acids is 1. The van der Waals surface area contributed by atoms with Crippen LogP contribution in [0.4, 0.5) is 4.39 Å². The second kappa shape index (κ2) is 9.30. The van der Waals surface area contributed by atoms with Crippen molar-refractivity contribution in [2.24, 2.45) is 0 Å². The van der Waals surface area contributed by atoms with Gasteiger partial charge in [-0.25, -0.2) is 4.39 Å². The first-order valence-corrected chi connectivity index (χ1v) is 9.76. The minimum Gasteiger partial charge on any atom is -0.497 e. The predicted octanol–water partition coefficient (Wildman–Crippen LogP) is 4.41. The third-order valence-corrected chi connectivity index (χ3v) is 4.81. The van der Waals surface area contributed by atoms with E-state index in [9.17, 15) is 9.18 Å². The Morgan fingerprint density at radius 3 is 2.25 bits per heavy atom. The van der Waals surface area contributed by atoms with Gasteiger partial charge in [-0.15, -0.1) is 10.2 Å². The van der Waals surface area contributed by atoms with Crippen molar-refractivity contribution in [3.63, 3.8) is 0 Å². The molecule has 1 atom stereocenters. The molecular weight excluding hydrogens is 413 g/mol. The van der Waals surface area contributed by atoms with Crippen LogP contribution in [0.5, 0.6) is 11.5 Å². The highest BCUT2D eigenvalue weighted by molar-refractivity contribution is 5.95. The van der Waals surface area contributed by atoms with Gasteiger partial charge in [0.25, 0.3) is 5.91 Å². The van der Waals surface area contributed by atoms with E-state index in [-0.39, 0.29) is 22.9 Å². The molecule has 0 aliphatic heterocycles. The van der Waals surface area contributed by atoms with Gasteiger partial charge in [0, 0.05) is 22.8 Å². The van der Waals surface area contributed by atoms with Gasteiger partial charge >= 0.3 is 0 Å². The molecule has 0 fully saturated rings. The molecule has 4 rings (SSSR count). The molecule has 1 heterocycles. The lowest BCUT2D eigenvalue weighted by Crippen LogP contribution is -2.30. The maximum atomic E-state index is 14.7. The number of methoxy groups -OCH3 is 2. The van der Waals surface area contributed by atoms with Crippen LogP contribution in [0.2, 0.25) is 0 Å². The maximum absolute atomic E-state index is 14.7. The Morgan fingerprint density at radius 2 is 1.59 bits per heavy atom. The summed E-state index contributed by atoms with van der Waals surface area (Å²) in [5, 5.41) is 10.9. The van der Waals surface area contributed by atoms with Crippen molar-refractivity contribution < 1.29 is 23.1 Å². The first-order chi connectivity index (χ1) is 15.6. The Hall–Kier alpha value is -4.20. The number of nitrogens with one attached hydrogen (secondary N) is 1. The Morgan fingerprint density at radius 1 is 0.938 bits per heavy atom. The summed E-state index contributed by atoms with van der Waals surface area (Å²) < 4.78 is 30.9. The summed E-state index contributed by atoms with van der Waals surface area (Å²) in [5.41, 5.74) is 1.17. The molecule has 4 aromatic rings. The van der Waals surface area contributed by atoms with Gasteiger partial charge < -0.3 is 19.2 Å². The third-order valence-electron chi connectivity index (χ3n) is 4.81.